The van der Waals surface area contributed by atoms with E-state index in [1.54, 1.807) is 0 Å². The van der Waals surface area contributed by atoms with Crippen molar-refractivity contribution in [3.63, 3.8) is 0 Å². The molecule has 0 spiro atoms. The number of nitrogens with zero attached hydrogens (tertiary/aromatic N) is 1. The molecule has 1 aromatic carbocycles. The van der Waals surface area contributed by atoms with Gasteiger partial charge in [-0.15, -0.1) is 0 Å². The van der Waals surface area contributed by atoms with Crippen LogP contribution in [0, 0.1) is 18.3 Å². The smallest absolute Gasteiger partial charge is 0.124 e. The van der Waals surface area contributed by atoms with Crippen LogP contribution in [-0.2, 0) is 0 Å². The third-order valence-corrected chi connectivity index (χ3v) is 4.36. The van der Waals surface area contributed by atoms with E-state index in [0.717, 1.165) is 17.2 Å². The minimum absolute atomic E-state index is 0.158. The van der Waals surface area contributed by atoms with E-state index in [-0.39, 0.29) is 5.84 Å². The molecule has 1 fully saturated rings. The summed E-state index contributed by atoms with van der Waals surface area (Å²) in [4.78, 5) is 2.33. The average Bonchev–Trinajstić information content (AvgIpc) is 2.38. The van der Waals surface area contributed by atoms with Crippen molar-refractivity contribution in [2.45, 2.75) is 45.6 Å². The maximum absolute atomic E-state index is 7.74. The van der Waals surface area contributed by atoms with E-state index >= 15 is 0 Å². The summed E-state index contributed by atoms with van der Waals surface area (Å²) in [6, 6.07) is 6.72. The van der Waals surface area contributed by atoms with Crippen LogP contribution in [0.25, 0.3) is 0 Å². The summed E-state index contributed by atoms with van der Waals surface area (Å²) < 4.78 is 0. The number of nitrogens with two attached hydrogens (primary N) is 1. The molecule has 104 valence electrons. The van der Waals surface area contributed by atoms with E-state index in [1.807, 2.05) is 12.1 Å². The predicted molar refractivity (Wildman–Crippen MR) is 82.0 cm³/mol. The van der Waals surface area contributed by atoms with Crippen LogP contribution in [0.5, 0.6) is 0 Å². The zero-order chi connectivity index (χ0) is 14.0. The fourth-order valence-electron chi connectivity index (χ4n) is 2.99. The molecule has 0 saturated heterocycles. The fraction of sp³-hybridized carbons (Fsp3) is 0.562. The second-order valence-corrected chi connectivity index (χ2v) is 5.96. The minimum atomic E-state index is 0.158. The van der Waals surface area contributed by atoms with Gasteiger partial charge in [0.1, 0.15) is 5.84 Å². The number of anilines is 1. The van der Waals surface area contributed by atoms with Gasteiger partial charge in [-0.05, 0) is 56.2 Å². The molecular formula is C16H25N3. The van der Waals surface area contributed by atoms with Gasteiger partial charge in [-0.2, -0.15) is 0 Å². The van der Waals surface area contributed by atoms with E-state index in [0.29, 0.717) is 6.04 Å². The van der Waals surface area contributed by atoms with Crippen LogP contribution in [0.4, 0.5) is 5.69 Å². The topological polar surface area (TPSA) is 53.1 Å². The highest BCUT2D eigenvalue weighted by molar-refractivity contribution is 6.00. The number of benzene rings is 1. The Bertz CT molecular complexity index is 459. The third-order valence-electron chi connectivity index (χ3n) is 4.36. The van der Waals surface area contributed by atoms with Crippen molar-refractivity contribution in [2.24, 2.45) is 11.7 Å². The van der Waals surface area contributed by atoms with E-state index in [4.69, 9.17) is 11.1 Å². The number of rotatable bonds is 3. The normalized spacial score (nSPS) is 23.1. The van der Waals surface area contributed by atoms with Crippen molar-refractivity contribution in [3.8, 4) is 0 Å². The first kappa shape index (κ1) is 13.9. The molecular weight excluding hydrogens is 234 g/mol. The molecule has 2 rings (SSSR count). The van der Waals surface area contributed by atoms with Crippen LogP contribution in [0.2, 0.25) is 0 Å². The maximum Gasteiger partial charge on any atom is 0.124 e. The predicted octanol–water partition coefficient (Wildman–Crippen LogP) is 3.29. The number of amidine groups is 1. The molecule has 1 aromatic rings. The molecule has 19 heavy (non-hydrogen) atoms. The van der Waals surface area contributed by atoms with Gasteiger partial charge < -0.3 is 10.6 Å². The van der Waals surface area contributed by atoms with Crippen molar-refractivity contribution in [3.05, 3.63) is 29.3 Å². The Morgan fingerprint density at radius 2 is 1.89 bits per heavy atom. The van der Waals surface area contributed by atoms with Crippen molar-refractivity contribution in [2.75, 3.05) is 11.9 Å². The molecule has 1 aliphatic rings. The van der Waals surface area contributed by atoms with Gasteiger partial charge in [-0.25, -0.2) is 0 Å². The number of nitrogen functional groups attached to an aromatic ring is 1. The lowest BCUT2D eigenvalue weighted by Crippen LogP contribution is -2.36. The van der Waals surface area contributed by atoms with Crippen LogP contribution in [0.3, 0.4) is 0 Å². The maximum atomic E-state index is 7.74. The van der Waals surface area contributed by atoms with Gasteiger partial charge in [-0.3, -0.25) is 5.41 Å². The largest absolute Gasteiger partial charge is 0.384 e. The lowest BCUT2D eigenvalue weighted by Gasteiger charge is -2.36. The van der Waals surface area contributed by atoms with Gasteiger partial charge in [0.25, 0.3) is 0 Å². The lowest BCUT2D eigenvalue weighted by atomic mass is 9.86. The lowest BCUT2D eigenvalue weighted by molar-refractivity contribution is 0.340. The Hall–Kier alpha value is -1.51. The Morgan fingerprint density at radius 1 is 1.26 bits per heavy atom. The van der Waals surface area contributed by atoms with Crippen LogP contribution in [0.1, 0.15) is 43.7 Å². The van der Waals surface area contributed by atoms with Gasteiger partial charge in [0.2, 0.25) is 0 Å². The standard InChI is InChI=1S/C16H25N3/c1-11-4-7-13(8-5-11)19(3)15-10-12(2)6-9-14(15)16(17)18/h6,9-11,13H,4-5,7-8H2,1-3H3,(H3,17,18). The van der Waals surface area contributed by atoms with Crippen molar-refractivity contribution in [1.82, 2.24) is 0 Å². The summed E-state index contributed by atoms with van der Waals surface area (Å²) in [5.74, 6) is 1.01. The summed E-state index contributed by atoms with van der Waals surface area (Å²) in [5.41, 5.74) is 8.89. The zero-order valence-corrected chi connectivity index (χ0v) is 12.2. The van der Waals surface area contributed by atoms with Crippen LogP contribution < -0.4 is 10.6 Å². The van der Waals surface area contributed by atoms with Crippen LogP contribution in [-0.4, -0.2) is 18.9 Å². The van der Waals surface area contributed by atoms with E-state index in [2.05, 4.69) is 31.9 Å². The Labute approximate surface area is 116 Å². The second-order valence-electron chi connectivity index (χ2n) is 5.96. The Kier molecular flexibility index (Phi) is 4.13. The number of hydrogen-bond donors (Lipinski definition) is 2. The van der Waals surface area contributed by atoms with Gasteiger partial charge in [-0.1, -0.05) is 13.0 Å². The molecule has 1 aliphatic carbocycles. The van der Waals surface area contributed by atoms with Crippen LogP contribution >= 0.6 is 0 Å². The Morgan fingerprint density at radius 3 is 2.47 bits per heavy atom. The van der Waals surface area contributed by atoms with Gasteiger partial charge in [0.15, 0.2) is 0 Å². The first-order chi connectivity index (χ1) is 8.99. The minimum Gasteiger partial charge on any atom is -0.384 e. The molecule has 0 aliphatic heterocycles. The summed E-state index contributed by atoms with van der Waals surface area (Å²) >= 11 is 0. The van der Waals surface area contributed by atoms with Crippen molar-refractivity contribution >= 4 is 11.5 Å². The fourth-order valence-corrected chi connectivity index (χ4v) is 2.99. The molecule has 1 saturated carbocycles. The SMILES string of the molecule is Cc1ccc(C(=N)N)c(N(C)C2CCC(C)CC2)c1. The molecule has 0 bridgehead atoms. The molecule has 0 radical (unpaired) electrons. The highest BCUT2D eigenvalue weighted by Crippen LogP contribution is 2.31. The molecule has 0 atom stereocenters. The van der Waals surface area contributed by atoms with Crippen molar-refractivity contribution < 1.29 is 0 Å². The monoisotopic (exact) mass is 259 g/mol. The number of aryl methyl sites for hydroxylation is 1. The molecule has 0 amide bonds. The van der Waals surface area contributed by atoms with E-state index in [9.17, 15) is 0 Å². The van der Waals surface area contributed by atoms with Gasteiger partial charge >= 0.3 is 0 Å². The number of nitrogens with one attached hydrogen (secondary N) is 1. The number of hydrogen-bond acceptors (Lipinski definition) is 2. The zero-order valence-electron chi connectivity index (χ0n) is 12.2. The highest BCUT2D eigenvalue weighted by Gasteiger charge is 2.23. The summed E-state index contributed by atoms with van der Waals surface area (Å²) in [7, 11) is 2.14. The Balaban J connectivity index is 2.25. The molecule has 3 heteroatoms. The highest BCUT2D eigenvalue weighted by atomic mass is 15.1. The summed E-state index contributed by atoms with van der Waals surface area (Å²) in [6.45, 7) is 4.42. The second kappa shape index (κ2) is 5.64. The molecule has 0 heterocycles. The summed E-state index contributed by atoms with van der Waals surface area (Å²) in [5, 5.41) is 7.74. The summed E-state index contributed by atoms with van der Waals surface area (Å²) in [6.07, 6.45) is 5.08. The average molecular weight is 259 g/mol. The molecule has 3 N–H and O–H groups in total. The molecule has 3 nitrogen and oxygen atoms in total. The first-order valence-corrected chi connectivity index (χ1v) is 7.17. The van der Waals surface area contributed by atoms with Gasteiger partial charge in [0, 0.05) is 24.3 Å². The van der Waals surface area contributed by atoms with Crippen molar-refractivity contribution in [1.29, 1.82) is 5.41 Å². The first-order valence-electron chi connectivity index (χ1n) is 7.17. The van der Waals surface area contributed by atoms with E-state index < -0.39 is 0 Å². The quantitative estimate of drug-likeness (QED) is 0.646. The van der Waals surface area contributed by atoms with Crippen LogP contribution in [0.15, 0.2) is 18.2 Å². The van der Waals surface area contributed by atoms with E-state index in [1.165, 1.54) is 31.2 Å². The van der Waals surface area contributed by atoms with Gasteiger partial charge in [0.05, 0.1) is 0 Å². The molecule has 0 aromatic heterocycles. The third kappa shape index (κ3) is 3.09. The molecule has 0 unspecified atom stereocenters.